The van der Waals surface area contributed by atoms with Gasteiger partial charge in [-0.15, -0.1) is 0 Å². The van der Waals surface area contributed by atoms with Gasteiger partial charge in [0.2, 0.25) is 10.0 Å². The highest BCUT2D eigenvalue weighted by Crippen LogP contribution is 2.17. The lowest BCUT2D eigenvalue weighted by Crippen LogP contribution is -2.24. The summed E-state index contributed by atoms with van der Waals surface area (Å²) in [5.41, 5.74) is 1.27. The Morgan fingerprint density at radius 3 is 2.33 bits per heavy atom. The van der Waals surface area contributed by atoms with Crippen molar-refractivity contribution in [1.82, 2.24) is 4.90 Å². The van der Waals surface area contributed by atoms with Crippen LogP contribution in [0.4, 0.5) is 5.69 Å². The van der Waals surface area contributed by atoms with Crippen LogP contribution >= 0.6 is 0 Å². The average molecular weight is 272 g/mol. The summed E-state index contributed by atoms with van der Waals surface area (Å²) < 4.78 is 24.5. The number of aliphatic hydroxyl groups excluding tert-OH is 1. The maximum Gasteiger partial charge on any atom is 0.229 e. The number of hydrogen-bond donors (Lipinski definition) is 2. The van der Waals surface area contributed by atoms with E-state index in [1.165, 1.54) is 0 Å². The minimum Gasteiger partial charge on any atom is -0.387 e. The van der Waals surface area contributed by atoms with Crippen LogP contribution in [-0.4, -0.2) is 44.8 Å². The molecule has 1 unspecified atom stereocenters. The first-order chi connectivity index (χ1) is 8.31. The van der Waals surface area contributed by atoms with Crippen LogP contribution in [0.2, 0.25) is 0 Å². The highest BCUT2D eigenvalue weighted by molar-refractivity contribution is 7.92. The molecule has 0 heterocycles. The molecule has 0 aliphatic heterocycles. The highest BCUT2D eigenvalue weighted by atomic mass is 32.2. The Morgan fingerprint density at radius 1 is 1.33 bits per heavy atom. The molecule has 1 aromatic carbocycles. The van der Waals surface area contributed by atoms with E-state index in [0.29, 0.717) is 12.2 Å². The Labute approximate surface area is 108 Å². The lowest BCUT2D eigenvalue weighted by Gasteiger charge is -2.19. The van der Waals surface area contributed by atoms with Crippen molar-refractivity contribution in [2.45, 2.75) is 13.0 Å². The van der Waals surface area contributed by atoms with Crippen LogP contribution in [0.25, 0.3) is 0 Å². The summed E-state index contributed by atoms with van der Waals surface area (Å²) in [5, 5.41) is 9.97. The van der Waals surface area contributed by atoms with Gasteiger partial charge < -0.3 is 10.0 Å². The van der Waals surface area contributed by atoms with Gasteiger partial charge in [-0.25, -0.2) is 8.42 Å². The van der Waals surface area contributed by atoms with E-state index in [2.05, 4.69) is 4.72 Å². The summed E-state index contributed by atoms with van der Waals surface area (Å²) >= 11 is 0. The Kier molecular flexibility index (Phi) is 5.13. The summed E-state index contributed by atoms with van der Waals surface area (Å²) in [5.74, 6) is 0. The maximum atomic E-state index is 11.0. The van der Waals surface area contributed by atoms with Crippen molar-refractivity contribution in [3.63, 3.8) is 0 Å². The molecule has 5 nitrogen and oxygen atoms in total. The molecule has 0 spiro atoms. The molecule has 0 bridgehead atoms. The minimum absolute atomic E-state index is 0.497. The maximum absolute atomic E-state index is 11.0. The van der Waals surface area contributed by atoms with Gasteiger partial charge in [-0.2, -0.15) is 0 Å². The van der Waals surface area contributed by atoms with Crippen LogP contribution in [-0.2, 0) is 10.0 Å². The number of rotatable bonds is 6. The van der Waals surface area contributed by atoms with Crippen LogP contribution in [0.3, 0.4) is 0 Å². The minimum atomic E-state index is -3.25. The van der Waals surface area contributed by atoms with Crippen molar-refractivity contribution in [2.75, 3.05) is 31.1 Å². The van der Waals surface area contributed by atoms with Gasteiger partial charge in [0.25, 0.3) is 0 Å². The lowest BCUT2D eigenvalue weighted by molar-refractivity contribution is 0.129. The molecular formula is C12H20N2O3S. The number of nitrogens with zero attached hydrogens (tertiary/aromatic N) is 1. The summed E-state index contributed by atoms with van der Waals surface area (Å²) in [4.78, 5) is 2.01. The molecular weight excluding hydrogens is 252 g/mol. The number of anilines is 1. The molecule has 0 aliphatic carbocycles. The Bertz CT molecular complexity index is 471. The number of likely N-dealkylation sites (N-methyl/N-ethyl adjacent to an activating group) is 1. The molecule has 0 fully saturated rings. The smallest absolute Gasteiger partial charge is 0.229 e. The summed E-state index contributed by atoms with van der Waals surface area (Å²) in [6.45, 7) is 3.44. The average Bonchev–Trinajstić information content (AvgIpc) is 2.27. The fourth-order valence-corrected chi connectivity index (χ4v) is 2.08. The molecule has 1 rings (SSSR count). The van der Waals surface area contributed by atoms with E-state index in [1.54, 1.807) is 24.3 Å². The first-order valence-corrected chi connectivity index (χ1v) is 7.65. The van der Waals surface area contributed by atoms with E-state index in [4.69, 9.17) is 0 Å². The quantitative estimate of drug-likeness (QED) is 0.812. The summed E-state index contributed by atoms with van der Waals surface area (Å²) in [6.07, 6.45) is 0.536. The zero-order valence-corrected chi connectivity index (χ0v) is 11.7. The standard InChI is InChI=1S/C12H20N2O3S/c1-4-14(2)9-12(15)10-5-7-11(8-6-10)13-18(3,16)17/h5-8,12-13,15H,4,9H2,1-3H3. The first kappa shape index (κ1) is 14.9. The second-order valence-electron chi connectivity index (χ2n) is 4.37. The molecule has 18 heavy (non-hydrogen) atoms. The summed E-state index contributed by atoms with van der Waals surface area (Å²) in [7, 11) is -1.32. The Hall–Kier alpha value is -1.11. The first-order valence-electron chi connectivity index (χ1n) is 5.76. The third-order valence-corrected chi connectivity index (χ3v) is 3.23. The van der Waals surface area contributed by atoms with Crippen LogP contribution in [0, 0.1) is 0 Å². The molecule has 6 heteroatoms. The monoisotopic (exact) mass is 272 g/mol. The van der Waals surface area contributed by atoms with Gasteiger partial charge in [0.05, 0.1) is 12.4 Å². The number of benzene rings is 1. The molecule has 0 saturated carbocycles. The number of sulfonamides is 1. The molecule has 0 saturated heterocycles. The zero-order chi connectivity index (χ0) is 13.8. The second-order valence-corrected chi connectivity index (χ2v) is 6.12. The van der Waals surface area contributed by atoms with Gasteiger partial charge in [0, 0.05) is 12.2 Å². The van der Waals surface area contributed by atoms with Gasteiger partial charge in [-0.1, -0.05) is 19.1 Å². The number of hydrogen-bond acceptors (Lipinski definition) is 4. The van der Waals surface area contributed by atoms with E-state index in [0.717, 1.165) is 18.4 Å². The van der Waals surface area contributed by atoms with Crippen molar-refractivity contribution >= 4 is 15.7 Å². The summed E-state index contributed by atoms with van der Waals surface area (Å²) in [6, 6.07) is 6.74. The SMILES string of the molecule is CCN(C)CC(O)c1ccc(NS(C)(=O)=O)cc1. The van der Waals surface area contributed by atoms with Crippen LogP contribution in [0.5, 0.6) is 0 Å². The van der Waals surface area contributed by atoms with Crippen LogP contribution in [0.1, 0.15) is 18.6 Å². The van der Waals surface area contributed by atoms with Gasteiger partial charge >= 0.3 is 0 Å². The number of nitrogens with one attached hydrogen (secondary N) is 1. The molecule has 0 amide bonds. The number of aliphatic hydroxyl groups is 1. The normalized spacial score (nSPS) is 13.6. The fraction of sp³-hybridized carbons (Fsp3) is 0.500. The molecule has 0 aromatic heterocycles. The Morgan fingerprint density at radius 2 is 1.89 bits per heavy atom. The van der Waals surface area contributed by atoms with Gasteiger partial charge in [-0.05, 0) is 31.3 Å². The van der Waals surface area contributed by atoms with Gasteiger partial charge in [-0.3, -0.25) is 4.72 Å². The predicted molar refractivity (Wildman–Crippen MR) is 73.0 cm³/mol. The predicted octanol–water partition coefficient (Wildman–Crippen LogP) is 1.04. The molecule has 102 valence electrons. The van der Waals surface area contributed by atoms with Gasteiger partial charge in [0.1, 0.15) is 0 Å². The molecule has 0 aliphatic rings. The molecule has 1 aromatic rings. The Balaban J connectivity index is 2.70. The van der Waals surface area contributed by atoms with E-state index in [9.17, 15) is 13.5 Å². The van der Waals surface area contributed by atoms with Crippen molar-refractivity contribution in [2.24, 2.45) is 0 Å². The molecule has 1 atom stereocenters. The second kappa shape index (κ2) is 6.17. The highest BCUT2D eigenvalue weighted by Gasteiger charge is 2.10. The third kappa shape index (κ3) is 5.03. The van der Waals surface area contributed by atoms with Crippen molar-refractivity contribution in [3.05, 3.63) is 29.8 Å². The van der Waals surface area contributed by atoms with Gasteiger partial charge in [0.15, 0.2) is 0 Å². The van der Waals surface area contributed by atoms with E-state index in [1.807, 2.05) is 18.9 Å². The van der Waals surface area contributed by atoms with Crippen molar-refractivity contribution < 1.29 is 13.5 Å². The van der Waals surface area contributed by atoms with Crippen LogP contribution in [0.15, 0.2) is 24.3 Å². The lowest BCUT2D eigenvalue weighted by atomic mass is 10.1. The zero-order valence-electron chi connectivity index (χ0n) is 10.9. The van der Waals surface area contributed by atoms with E-state index < -0.39 is 16.1 Å². The largest absolute Gasteiger partial charge is 0.387 e. The third-order valence-electron chi connectivity index (χ3n) is 2.62. The van der Waals surface area contributed by atoms with E-state index >= 15 is 0 Å². The molecule has 2 N–H and O–H groups in total. The van der Waals surface area contributed by atoms with Crippen molar-refractivity contribution in [3.8, 4) is 0 Å². The van der Waals surface area contributed by atoms with E-state index in [-0.39, 0.29) is 0 Å². The topological polar surface area (TPSA) is 69.6 Å². The van der Waals surface area contributed by atoms with Crippen LogP contribution < -0.4 is 4.72 Å². The fourth-order valence-electron chi connectivity index (χ4n) is 1.52. The molecule has 0 radical (unpaired) electrons. The van der Waals surface area contributed by atoms with Crippen molar-refractivity contribution in [1.29, 1.82) is 0 Å².